The van der Waals surface area contributed by atoms with E-state index in [-0.39, 0.29) is 0 Å². The molecule has 0 aliphatic rings. The summed E-state index contributed by atoms with van der Waals surface area (Å²) in [6.07, 6.45) is 9.24. The molecule has 1 N–H and O–H groups in total. The van der Waals surface area contributed by atoms with Crippen molar-refractivity contribution in [3.05, 3.63) is 18.3 Å². The lowest BCUT2D eigenvalue weighted by molar-refractivity contribution is 0.304. The van der Waals surface area contributed by atoms with Gasteiger partial charge < -0.3 is 10.1 Å². The number of aromatic nitrogens is 1. The molecule has 0 bridgehead atoms. The monoisotopic (exact) mass is 250 g/mol. The Balaban J connectivity index is 2.20. The Morgan fingerprint density at radius 3 is 2.72 bits per heavy atom. The van der Waals surface area contributed by atoms with Crippen LogP contribution in [0.3, 0.4) is 0 Å². The summed E-state index contributed by atoms with van der Waals surface area (Å²) in [4.78, 5) is 4.25. The second-order valence-corrected chi connectivity index (χ2v) is 4.57. The average Bonchev–Trinajstić information content (AvgIpc) is 2.41. The number of hydrogen-bond acceptors (Lipinski definition) is 3. The standard InChI is InChI=1S/C15H26N2O/c1-3-5-6-7-8-12-18-14-9-11-17-15(13-14)16-10-4-2/h9,11,13H,3-8,10,12H2,1-2H3,(H,16,17). The van der Waals surface area contributed by atoms with Crippen molar-refractivity contribution in [1.82, 2.24) is 4.98 Å². The van der Waals surface area contributed by atoms with E-state index in [0.717, 1.165) is 37.6 Å². The van der Waals surface area contributed by atoms with Crippen LogP contribution in [0, 0.1) is 0 Å². The summed E-state index contributed by atoms with van der Waals surface area (Å²) >= 11 is 0. The van der Waals surface area contributed by atoms with E-state index in [1.165, 1.54) is 25.7 Å². The van der Waals surface area contributed by atoms with Crippen LogP contribution in [0.4, 0.5) is 5.82 Å². The Kier molecular flexibility index (Phi) is 8.02. The molecule has 0 fully saturated rings. The molecule has 1 rings (SSSR count). The Morgan fingerprint density at radius 2 is 1.94 bits per heavy atom. The van der Waals surface area contributed by atoms with Crippen molar-refractivity contribution in [1.29, 1.82) is 0 Å². The van der Waals surface area contributed by atoms with Gasteiger partial charge >= 0.3 is 0 Å². The number of ether oxygens (including phenoxy) is 1. The van der Waals surface area contributed by atoms with Crippen molar-refractivity contribution >= 4 is 5.82 Å². The van der Waals surface area contributed by atoms with Gasteiger partial charge in [-0.1, -0.05) is 39.5 Å². The van der Waals surface area contributed by atoms with Gasteiger partial charge in [-0.05, 0) is 18.9 Å². The molecule has 18 heavy (non-hydrogen) atoms. The summed E-state index contributed by atoms with van der Waals surface area (Å²) in [7, 11) is 0. The Hall–Kier alpha value is -1.25. The van der Waals surface area contributed by atoms with Crippen LogP contribution < -0.4 is 10.1 Å². The third-order valence-corrected chi connectivity index (χ3v) is 2.80. The molecule has 3 heteroatoms. The maximum absolute atomic E-state index is 5.73. The first kappa shape index (κ1) is 14.8. The van der Waals surface area contributed by atoms with Crippen LogP contribution in [-0.4, -0.2) is 18.1 Å². The van der Waals surface area contributed by atoms with Crippen molar-refractivity contribution in [2.45, 2.75) is 52.4 Å². The summed E-state index contributed by atoms with van der Waals surface area (Å²) in [6.45, 7) is 6.14. The first-order valence-electron chi connectivity index (χ1n) is 7.19. The number of pyridine rings is 1. The zero-order valence-electron chi connectivity index (χ0n) is 11.7. The van der Waals surface area contributed by atoms with Crippen molar-refractivity contribution in [3.63, 3.8) is 0 Å². The van der Waals surface area contributed by atoms with Crippen LogP contribution in [-0.2, 0) is 0 Å². The molecule has 1 aromatic rings. The van der Waals surface area contributed by atoms with Gasteiger partial charge in [0.2, 0.25) is 0 Å². The van der Waals surface area contributed by atoms with Gasteiger partial charge in [0.25, 0.3) is 0 Å². The van der Waals surface area contributed by atoms with E-state index in [1.807, 2.05) is 12.1 Å². The highest BCUT2D eigenvalue weighted by atomic mass is 16.5. The van der Waals surface area contributed by atoms with Crippen LogP contribution in [0.15, 0.2) is 18.3 Å². The zero-order chi connectivity index (χ0) is 13.1. The molecule has 102 valence electrons. The number of anilines is 1. The largest absolute Gasteiger partial charge is 0.493 e. The number of nitrogens with zero attached hydrogens (tertiary/aromatic N) is 1. The highest BCUT2D eigenvalue weighted by Gasteiger charge is 1.97. The van der Waals surface area contributed by atoms with Crippen molar-refractivity contribution in [2.75, 3.05) is 18.5 Å². The molecular weight excluding hydrogens is 224 g/mol. The molecule has 0 saturated carbocycles. The molecule has 0 atom stereocenters. The van der Waals surface area contributed by atoms with E-state index in [0.29, 0.717) is 0 Å². The summed E-state index contributed by atoms with van der Waals surface area (Å²) in [5, 5.41) is 3.26. The van der Waals surface area contributed by atoms with Gasteiger partial charge in [-0.2, -0.15) is 0 Å². The van der Waals surface area contributed by atoms with Crippen LogP contribution in [0.5, 0.6) is 5.75 Å². The van der Waals surface area contributed by atoms with Gasteiger partial charge in [-0.3, -0.25) is 0 Å². The second kappa shape index (κ2) is 9.75. The Morgan fingerprint density at radius 1 is 1.11 bits per heavy atom. The third-order valence-electron chi connectivity index (χ3n) is 2.80. The summed E-state index contributed by atoms with van der Waals surface area (Å²) in [5.74, 6) is 1.82. The fourth-order valence-corrected chi connectivity index (χ4v) is 1.75. The number of nitrogens with one attached hydrogen (secondary N) is 1. The van der Waals surface area contributed by atoms with Crippen molar-refractivity contribution in [3.8, 4) is 5.75 Å². The maximum atomic E-state index is 5.73. The molecule has 3 nitrogen and oxygen atoms in total. The molecule has 0 spiro atoms. The maximum Gasteiger partial charge on any atom is 0.129 e. The molecule has 0 radical (unpaired) electrons. The Bertz CT molecular complexity index is 315. The predicted molar refractivity (Wildman–Crippen MR) is 77.3 cm³/mol. The zero-order valence-corrected chi connectivity index (χ0v) is 11.7. The van der Waals surface area contributed by atoms with Crippen molar-refractivity contribution < 1.29 is 4.74 Å². The van der Waals surface area contributed by atoms with Crippen LogP contribution in [0.1, 0.15) is 52.4 Å². The smallest absolute Gasteiger partial charge is 0.129 e. The fraction of sp³-hybridized carbons (Fsp3) is 0.667. The van der Waals surface area contributed by atoms with E-state index >= 15 is 0 Å². The quantitative estimate of drug-likeness (QED) is 0.630. The molecule has 1 aromatic heterocycles. The van der Waals surface area contributed by atoms with E-state index in [2.05, 4.69) is 24.1 Å². The molecule has 0 unspecified atom stereocenters. The van der Waals surface area contributed by atoms with E-state index in [9.17, 15) is 0 Å². The lowest BCUT2D eigenvalue weighted by Gasteiger charge is -2.08. The first-order chi connectivity index (χ1) is 8.86. The second-order valence-electron chi connectivity index (χ2n) is 4.57. The van der Waals surface area contributed by atoms with E-state index < -0.39 is 0 Å². The molecule has 0 aromatic carbocycles. The van der Waals surface area contributed by atoms with Gasteiger partial charge in [0, 0.05) is 18.8 Å². The van der Waals surface area contributed by atoms with Crippen LogP contribution in [0.2, 0.25) is 0 Å². The molecule has 0 aliphatic carbocycles. The molecule has 1 heterocycles. The van der Waals surface area contributed by atoms with Crippen molar-refractivity contribution in [2.24, 2.45) is 0 Å². The predicted octanol–water partition coefficient (Wildman–Crippen LogP) is 4.25. The minimum Gasteiger partial charge on any atom is -0.493 e. The van der Waals surface area contributed by atoms with E-state index in [4.69, 9.17) is 4.74 Å². The summed E-state index contributed by atoms with van der Waals surface area (Å²) in [5.41, 5.74) is 0. The first-order valence-corrected chi connectivity index (χ1v) is 7.19. The molecular formula is C15H26N2O. The number of unbranched alkanes of at least 4 members (excludes halogenated alkanes) is 4. The summed E-state index contributed by atoms with van der Waals surface area (Å²) in [6, 6.07) is 3.89. The minimum atomic E-state index is 0.806. The minimum absolute atomic E-state index is 0.806. The van der Waals surface area contributed by atoms with Crippen LogP contribution >= 0.6 is 0 Å². The van der Waals surface area contributed by atoms with Gasteiger partial charge in [-0.25, -0.2) is 4.98 Å². The van der Waals surface area contributed by atoms with Gasteiger partial charge in [0.05, 0.1) is 6.61 Å². The number of rotatable bonds is 10. The average molecular weight is 250 g/mol. The molecule has 0 amide bonds. The molecule has 0 aliphatic heterocycles. The highest BCUT2D eigenvalue weighted by Crippen LogP contribution is 2.15. The Labute approximate surface area is 111 Å². The fourth-order valence-electron chi connectivity index (χ4n) is 1.75. The third kappa shape index (κ3) is 6.48. The normalized spacial score (nSPS) is 10.3. The lowest BCUT2D eigenvalue weighted by atomic mass is 10.2. The van der Waals surface area contributed by atoms with E-state index in [1.54, 1.807) is 6.20 Å². The van der Waals surface area contributed by atoms with Gasteiger partial charge in [-0.15, -0.1) is 0 Å². The highest BCUT2D eigenvalue weighted by molar-refractivity contribution is 5.40. The lowest BCUT2D eigenvalue weighted by Crippen LogP contribution is -2.03. The topological polar surface area (TPSA) is 34.1 Å². The number of hydrogen-bond donors (Lipinski definition) is 1. The van der Waals surface area contributed by atoms with Crippen LogP contribution in [0.25, 0.3) is 0 Å². The SMILES string of the molecule is CCCCCCCOc1ccnc(NCCC)c1. The molecule has 0 saturated heterocycles. The summed E-state index contributed by atoms with van der Waals surface area (Å²) < 4.78 is 5.73. The van der Waals surface area contributed by atoms with Gasteiger partial charge in [0.1, 0.15) is 11.6 Å². The van der Waals surface area contributed by atoms with Gasteiger partial charge in [0.15, 0.2) is 0 Å².